The number of ketones is 2. The Morgan fingerprint density at radius 1 is 0.471 bits per heavy atom. The molecule has 8 rings (SSSR count). The molecule has 0 saturated heterocycles. The summed E-state index contributed by atoms with van der Waals surface area (Å²) in [7, 11) is 0. The number of halogens is 6. The summed E-state index contributed by atoms with van der Waals surface area (Å²) in [6.45, 7) is -1.07. The number of hydrogen-bond acceptors (Lipinski definition) is 14. The first kappa shape index (κ1) is 62.9. The van der Waals surface area contributed by atoms with Gasteiger partial charge in [-0.1, -0.05) is 72.8 Å². The van der Waals surface area contributed by atoms with E-state index in [4.69, 9.17) is 41.9 Å². The lowest BCUT2D eigenvalue weighted by Gasteiger charge is -2.44. The van der Waals surface area contributed by atoms with Gasteiger partial charge in [0.1, 0.15) is 11.5 Å². The number of nitrogen functional groups attached to an aromatic ring is 4. The van der Waals surface area contributed by atoms with Gasteiger partial charge in [-0.05, 0) is 168 Å². The summed E-state index contributed by atoms with van der Waals surface area (Å²) in [5.41, 5.74) is 23.8. The van der Waals surface area contributed by atoms with Gasteiger partial charge in [-0.25, -0.2) is 18.4 Å². The third-order valence-corrected chi connectivity index (χ3v) is 14.0. The van der Waals surface area contributed by atoms with E-state index < -0.39 is 77.7 Å². The van der Waals surface area contributed by atoms with Gasteiger partial charge in [0.25, 0.3) is 0 Å². The van der Waals surface area contributed by atoms with Crippen LogP contribution in [0.3, 0.4) is 0 Å². The van der Waals surface area contributed by atoms with Crippen molar-refractivity contribution in [2.24, 2.45) is 0 Å². The number of anilines is 4. The number of unbranched alkanes of at least 4 members (excludes halogenated alkanes) is 2. The highest BCUT2D eigenvalue weighted by Gasteiger charge is 2.58. The highest BCUT2D eigenvalue weighted by molar-refractivity contribution is 6.03. The van der Waals surface area contributed by atoms with Gasteiger partial charge in [-0.3, -0.25) is 18.4 Å². The highest BCUT2D eigenvalue weighted by Crippen LogP contribution is 2.50. The van der Waals surface area contributed by atoms with Crippen LogP contribution in [0.15, 0.2) is 170 Å². The summed E-state index contributed by atoms with van der Waals surface area (Å²) in [6, 6.07) is 36.0. The van der Waals surface area contributed by atoms with E-state index in [0.29, 0.717) is 24.0 Å². The summed E-state index contributed by atoms with van der Waals surface area (Å²) < 4.78 is 106. The fourth-order valence-electron chi connectivity index (χ4n) is 9.47. The average molecular weight is 1190 g/mol. The number of carbonyl (C=O) groups is 4. The highest BCUT2D eigenvalue weighted by atomic mass is 19.2. The molecule has 0 aliphatic rings. The second-order valence-corrected chi connectivity index (χ2v) is 20.0. The first-order valence-electron chi connectivity index (χ1n) is 27.1. The number of allylic oxidation sites excluding steroid dienone is 1. The van der Waals surface area contributed by atoms with E-state index >= 15 is 8.78 Å². The molecule has 0 spiro atoms. The Bertz CT molecular complexity index is 3810. The van der Waals surface area contributed by atoms with E-state index in [0.717, 1.165) is 12.2 Å². The number of ether oxygens (including phenoxy) is 4. The van der Waals surface area contributed by atoms with E-state index in [1.165, 1.54) is 170 Å². The van der Waals surface area contributed by atoms with Crippen LogP contribution in [0.5, 0.6) is 23.0 Å². The second-order valence-electron chi connectivity index (χ2n) is 20.0. The van der Waals surface area contributed by atoms with Crippen molar-refractivity contribution in [3.63, 3.8) is 0 Å². The Morgan fingerprint density at radius 2 is 0.874 bits per heavy atom. The summed E-state index contributed by atoms with van der Waals surface area (Å²) in [5, 5.41) is 24.9. The molecule has 0 bridgehead atoms. The summed E-state index contributed by atoms with van der Waals surface area (Å²) >= 11 is 0. The Morgan fingerprint density at radius 3 is 1.26 bits per heavy atom. The Labute approximate surface area is 495 Å². The van der Waals surface area contributed by atoms with E-state index in [-0.39, 0.29) is 116 Å². The van der Waals surface area contributed by atoms with Crippen LogP contribution in [0.4, 0.5) is 49.1 Å². The van der Waals surface area contributed by atoms with Gasteiger partial charge < -0.3 is 52.1 Å². The minimum absolute atomic E-state index is 0.0144. The summed E-state index contributed by atoms with van der Waals surface area (Å²) in [5.74, 6) is -12.4. The van der Waals surface area contributed by atoms with Gasteiger partial charge in [0, 0.05) is 40.3 Å². The molecule has 14 nitrogen and oxygen atoms in total. The molecule has 0 fully saturated rings. The van der Waals surface area contributed by atoms with Gasteiger partial charge in [-0.15, -0.1) is 0 Å². The van der Waals surface area contributed by atoms with Crippen LogP contribution in [-0.2, 0) is 15.0 Å². The van der Waals surface area contributed by atoms with E-state index in [1.807, 2.05) is 0 Å². The number of hydrogen-bond donors (Lipinski definition) is 6. The molecule has 0 aromatic heterocycles. The summed E-state index contributed by atoms with van der Waals surface area (Å²) in [6.07, 6.45) is 4.85. The third kappa shape index (κ3) is 14.7. The smallest absolute Gasteiger partial charge is 0.343 e. The van der Waals surface area contributed by atoms with Crippen LogP contribution in [-0.4, -0.2) is 66.1 Å². The predicted octanol–water partition coefficient (Wildman–Crippen LogP) is 12.5. The number of aliphatic hydroxyl groups is 2. The topological polar surface area (TPSA) is 250 Å². The van der Waals surface area contributed by atoms with E-state index in [1.54, 1.807) is 0 Å². The number of alkyl halides is 2. The standard InChI is InChI=1S/C67H58F6N4O10/c68-33-1-3-35-84-57-30-26-51(60(70)62(57)72)42-15-22-49(23-16-42)86-64(80)44-11-5-40(6-12-44)9-21-48(78)39-66(53-28-19-46(74)37-55(53)76,54-29-20-47(75)38-56(54)77)67(82,83)59(79)32-10-41-7-13-45(14-8-41)65(81)87-50-24-17-43(18-25-50)52-27-31-58(63(73)61(52)71)85-36-4-2-34-69/h5-32,37-38,82-83H,1-4,33-36,39,74-77H2/b21-9+,32-10+. The van der Waals surface area contributed by atoms with Gasteiger partial charge in [-0.2, -0.15) is 8.78 Å². The van der Waals surface area contributed by atoms with Gasteiger partial charge in [0.2, 0.25) is 23.2 Å². The van der Waals surface area contributed by atoms with Crippen LogP contribution < -0.4 is 41.9 Å². The number of rotatable bonds is 26. The molecule has 8 aromatic carbocycles. The zero-order valence-corrected chi connectivity index (χ0v) is 46.4. The molecule has 0 aliphatic heterocycles. The van der Waals surface area contributed by atoms with Crippen LogP contribution in [0.25, 0.3) is 34.4 Å². The van der Waals surface area contributed by atoms with Crippen molar-refractivity contribution < 1.29 is 74.7 Å². The van der Waals surface area contributed by atoms with Crippen molar-refractivity contribution in [2.45, 2.75) is 43.3 Å². The molecule has 448 valence electrons. The van der Waals surface area contributed by atoms with Crippen molar-refractivity contribution >= 4 is 58.4 Å². The van der Waals surface area contributed by atoms with Crippen molar-refractivity contribution in [1.29, 1.82) is 0 Å². The normalized spacial score (nSPS) is 11.7. The molecule has 20 heteroatoms. The Hall–Kier alpha value is -10.2. The Kier molecular flexibility index (Phi) is 20.3. The number of esters is 2. The third-order valence-electron chi connectivity index (χ3n) is 14.0. The average Bonchev–Trinajstić information content (AvgIpc) is 1.76. The second kappa shape index (κ2) is 28.1. The molecular formula is C67H58F6N4O10. The van der Waals surface area contributed by atoms with Gasteiger partial charge >= 0.3 is 11.9 Å². The quantitative estimate of drug-likeness (QED) is 0.00561. The van der Waals surface area contributed by atoms with Crippen molar-refractivity contribution in [3.05, 3.63) is 227 Å². The maximum absolute atomic E-state index is 15.0. The predicted molar refractivity (Wildman–Crippen MR) is 319 cm³/mol. The molecule has 87 heavy (non-hydrogen) atoms. The molecule has 0 radical (unpaired) electrons. The van der Waals surface area contributed by atoms with Crippen LogP contribution in [0, 0.1) is 23.3 Å². The lowest BCUT2D eigenvalue weighted by Crippen LogP contribution is -2.58. The Balaban J connectivity index is 0.964. The largest absolute Gasteiger partial charge is 0.490 e. The zero-order chi connectivity index (χ0) is 62.4. The molecular weight excluding hydrogens is 1130 g/mol. The molecule has 0 heterocycles. The molecule has 0 saturated carbocycles. The van der Waals surface area contributed by atoms with Crippen molar-refractivity contribution in [2.75, 3.05) is 49.5 Å². The minimum Gasteiger partial charge on any atom is -0.490 e. The fourth-order valence-corrected chi connectivity index (χ4v) is 9.47. The molecule has 0 aliphatic carbocycles. The van der Waals surface area contributed by atoms with Crippen molar-refractivity contribution in [3.8, 4) is 45.3 Å². The maximum Gasteiger partial charge on any atom is 0.343 e. The SMILES string of the molecule is Nc1ccc(C(CC(=O)/C=C/c2ccc(C(=O)Oc3ccc(-c4ccc(OCCCCF)c(F)c4F)cc3)cc2)(c2ccc(N)cc2N)C(O)(O)C(=O)/C=C/c2ccc(C(=O)Oc3ccc(-c4ccc(OCCCCF)c(F)c4F)cc3)cc2)c(N)c1. The number of carbonyl (C=O) groups excluding carboxylic acids is 4. The van der Waals surface area contributed by atoms with E-state index in [9.17, 15) is 47.0 Å². The van der Waals surface area contributed by atoms with Crippen LogP contribution in [0.2, 0.25) is 0 Å². The maximum atomic E-state index is 15.0. The van der Waals surface area contributed by atoms with Gasteiger partial charge in [0.15, 0.2) is 28.9 Å². The lowest BCUT2D eigenvalue weighted by molar-refractivity contribution is -0.201. The van der Waals surface area contributed by atoms with Gasteiger partial charge in [0.05, 0.1) is 43.1 Å². The van der Waals surface area contributed by atoms with E-state index in [2.05, 4.69) is 0 Å². The zero-order valence-electron chi connectivity index (χ0n) is 46.4. The molecule has 0 atom stereocenters. The molecule has 10 N–H and O–H groups in total. The number of nitrogens with two attached hydrogens (primary N) is 4. The van der Waals surface area contributed by atoms with Crippen LogP contribution >= 0.6 is 0 Å². The van der Waals surface area contributed by atoms with Crippen molar-refractivity contribution in [1.82, 2.24) is 0 Å². The van der Waals surface area contributed by atoms with Crippen LogP contribution in [0.1, 0.15) is 75.1 Å². The summed E-state index contributed by atoms with van der Waals surface area (Å²) in [4.78, 5) is 55.2. The molecule has 0 unspecified atom stereocenters. The fraction of sp³-hybridized carbons (Fsp3) is 0.164. The number of benzene rings is 8. The first-order valence-corrected chi connectivity index (χ1v) is 27.1. The monoisotopic (exact) mass is 1190 g/mol. The lowest BCUT2D eigenvalue weighted by atomic mass is 9.63. The molecule has 8 aromatic rings. The minimum atomic E-state index is -3.52. The molecule has 0 amide bonds. The first-order chi connectivity index (χ1) is 41.7.